The lowest BCUT2D eigenvalue weighted by atomic mass is 9.90. The molecule has 0 aliphatic carbocycles. The van der Waals surface area contributed by atoms with Gasteiger partial charge in [-0.1, -0.05) is 0 Å². The van der Waals surface area contributed by atoms with Gasteiger partial charge in [-0.25, -0.2) is 4.98 Å². The highest BCUT2D eigenvalue weighted by Gasteiger charge is 2.46. The van der Waals surface area contributed by atoms with E-state index in [1.807, 2.05) is 13.8 Å². The number of nitrogens with zero attached hydrogens (tertiary/aromatic N) is 1. The Balaban J connectivity index is 2.11. The van der Waals surface area contributed by atoms with Crippen LogP contribution in [0.1, 0.15) is 30.8 Å². The lowest BCUT2D eigenvalue weighted by Crippen LogP contribution is -2.36. The van der Waals surface area contributed by atoms with Crippen LogP contribution in [-0.2, 0) is 14.3 Å². The van der Waals surface area contributed by atoms with E-state index >= 15 is 0 Å². The van der Waals surface area contributed by atoms with Gasteiger partial charge in [-0.2, -0.15) is 0 Å². The third kappa shape index (κ3) is 2.38. The number of nitrogens with one attached hydrogen (secondary N) is 1. The summed E-state index contributed by atoms with van der Waals surface area (Å²) in [7, 11) is 0. The van der Waals surface area contributed by atoms with Crippen molar-refractivity contribution in [3.05, 3.63) is 10.6 Å². The SMILES string of the molecule is Cc1nc(NC(=O)[C@@H]2CC(=O)OC2(C)C)sc1C. The van der Waals surface area contributed by atoms with Gasteiger partial charge in [-0.3, -0.25) is 9.59 Å². The summed E-state index contributed by atoms with van der Waals surface area (Å²) in [6.07, 6.45) is 0.127. The molecule has 1 amide bonds. The van der Waals surface area contributed by atoms with Crippen LogP contribution in [-0.4, -0.2) is 22.5 Å². The van der Waals surface area contributed by atoms with Crippen molar-refractivity contribution in [1.82, 2.24) is 4.98 Å². The largest absolute Gasteiger partial charge is 0.459 e. The fourth-order valence-corrected chi connectivity index (χ4v) is 2.76. The van der Waals surface area contributed by atoms with Crippen molar-refractivity contribution in [2.75, 3.05) is 5.32 Å². The van der Waals surface area contributed by atoms with Gasteiger partial charge in [0.15, 0.2) is 5.13 Å². The molecule has 5 nitrogen and oxygen atoms in total. The molecule has 0 unspecified atom stereocenters. The molecule has 6 heteroatoms. The van der Waals surface area contributed by atoms with Gasteiger partial charge in [0.25, 0.3) is 0 Å². The van der Waals surface area contributed by atoms with Crippen LogP contribution >= 0.6 is 11.3 Å². The molecule has 1 aliphatic heterocycles. The Bertz CT molecular complexity index is 488. The summed E-state index contributed by atoms with van der Waals surface area (Å²) >= 11 is 1.43. The van der Waals surface area contributed by atoms with Crippen LogP contribution < -0.4 is 5.32 Å². The molecule has 1 fully saturated rings. The van der Waals surface area contributed by atoms with Gasteiger partial charge < -0.3 is 10.1 Å². The lowest BCUT2D eigenvalue weighted by molar-refractivity contribution is -0.147. The highest BCUT2D eigenvalue weighted by atomic mass is 32.1. The monoisotopic (exact) mass is 268 g/mol. The molecule has 1 atom stereocenters. The number of anilines is 1. The summed E-state index contributed by atoms with van der Waals surface area (Å²) in [6.45, 7) is 7.35. The zero-order valence-corrected chi connectivity index (χ0v) is 11.7. The quantitative estimate of drug-likeness (QED) is 0.833. The third-order valence-corrected chi connectivity index (χ3v) is 4.15. The van der Waals surface area contributed by atoms with Crippen molar-refractivity contribution in [2.24, 2.45) is 5.92 Å². The molecular formula is C12H16N2O3S. The standard InChI is InChI=1S/C12H16N2O3S/c1-6-7(2)18-11(13-6)14-10(16)8-5-9(15)17-12(8,3)4/h8H,5H2,1-4H3,(H,13,14,16)/t8-/m0/s1. The van der Waals surface area contributed by atoms with Crippen molar-refractivity contribution in [3.63, 3.8) is 0 Å². The molecule has 1 N–H and O–H groups in total. The van der Waals surface area contributed by atoms with Crippen LogP contribution in [0.25, 0.3) is 0 Å². The summed E-state index contributed by atoms with van der Waals surface area (Å²) in [5.41, 5.74) is 0.163. The predicted molar refractivity (Wildman–Crippen MR) is 68.5 cm³/mol. The molecule has 0 spiro atoms. The molecule has 1 aromatic heterocycles. The van der Waals surface area contributed by atoms with Crippen LogP contribution in [0.2, 0.25) is 0 Å². The zero-order chi connectivity index (χ0) is 13.5. The number of ether oxygens (including phenoxy) is 1. The summed E-state index contributed by atoms with van der Waals surface area (Å²) in [6, 6.07) is 0. The summed E-state index contributed by atoms with van der Waals surface area (Å²) in [5.74, 6) is -0.999. The first-order chi connectivity index (χ1) is 8.29. The Morgan fingerprint density at radius 1 is 1.50 bits per heavy atom. The maximum Gasteiger partial charge on any atom is 0.307 e. The summed E-state index contributed by atoms with van der Waals surface area (Å²) < 4.78 is 5.13. The number of aryl methyl sites for hydroxylation is 2. The molecule has 2 heterocycles. The van der Waals surface area contributed by atoms with Gasteiger partial charge in [0, 0.05) is 4.88 Å². The van der Waals surface area contributed by atoms with E-state index in [-0.39, 0.29) is 18.3 Å². The minimum Gasteiger partial charge on any atom is -0.459 e. The molecule has 18 heavy (non-hydrogen) atoms. The molecule has 1 aliphatic rings. The van der Waals surface area contributed by atoms with Gasteiger partial charge in [-0.15, -0.1) is 11.3 Å². The lowest BCUT2D eigenvalue weighted by Gasteiger charge is -2.23. The van der Waals surface area contributed by atoms with E-state index in [9.17, 15) is 9.59 Å². The van der Waals surface area contributed by atoms with E-state index in [1.165, 1.54) is 11.3 Å². The summed E-state index contributed by atoms with van der Waals surface area (Å²) in [4.78, 5) is 28.7. The van der Waals surface area contributed by atoms with Gasteiger partial charge in [0.2, 0.25) is 5.91 Å². The number of aromatic nitrogens is 1. The third-order valence-electron chi connectivity index (χ3n) is 3.16. The number of amides is 1. The van der Waals surface area contributed by atoms with Gasteiger partial charge in [0.05, 0.1) is 18.0 Å². The van der Waals surface area contributed by atoms with E-state index in [1.54, 1.807) is 13.8 Å². The van der Waals surface area contributed by atoms with Gasteiger partial charge in [0.1, 0.15) is 5.60 Å². The van der Waals surface area contributed by atoms with Crippen molar-refractivity contribution >= 4 is 28.3 Å². The highest BCUT2D eigenvalue weighted by Crippen LogP contribution is 2.33. The molecule has 0 saturated carbocycles. The molecule has 2 rings (SSSR count). The van der Waals surface area contributed by atoms with Gasteiger partial charge >= 0.3 is 5.97 Å². The van der Waals surface area contributed by atoms with E-state index in [0.29, 0.717) is 5.13 Å². The fraction of sp³-hybridized carbons (Fsp3) is 0.583. The van der Waals surface area contributed by atoms with Crippen molar-refractivity contribution in [1.29, 1.82) is 0 Å². The van der Waals surface area contributed by atoms with Crippen molar-refractivity contribution in [2.45, 2.75) is 39.7 Å². The van der Waals surface area contributed by atoms with E-state index < -0.39 is 11.5 Å². The maximum atomic E-state index is 12.1. The maximum absolute atomic E-state index is 12.1. The number of esters is 1. The molecular weight excluding hydrogens is 252 g/mol. The number of cyclic esters (lactones) is 1. The molecule has 1 saturated heterocycles. The van der Waals surface area contributed by atoms with Gasteiger partial charge in [-0.05, 0) is 27.7 Å². The highest BCUT2D eigenvalue weighted by molar-refractivity contribution is 7.15. The normalized spacial score (nSPS) is 21.8. The van der Waals surface area contributed by atoms with Crippen LogP contribution in [0.5, 0.6) is 0 Å². The fourth-order valence-electron chi connectivity index (χ4n) is 1.95. The van der Waals surface area contributed by atoms with Crippen LogP contribution in [0.3, 0.4) is 0 Å². The molecule has 0 radical (unpaired) electrons. The van der Waals surface area contributed by atoms with Crippen LogP contribution in [0, 0.1) is 19.8 Å². The van der Waals surface area contributed by atoms with E-state index in [0.717, 1.165) is 10.6 Å². The second-order valence-corrected chi connectivity index (χ2v) is 6.19. The van der Waals surface area contributed by atoms with Crippen LogP contribution in [0.15, 0.2) is 0 Å². The Morgan fingerprint density at radius 2 is 2.17 bits per heavy atom. The second-order valence-electron chi connectivity index (χ2n) is 4.98. The minimum atomic E-state index is -0.748. The Kier molecular flexibility index (Phi) is 3.14. The number of thiazole rings is 1. The zero-order valence-electron chi connectivity index (χ0n) is 10.9. The second kappa shape index (κ2) is 4.35. The number of hydrogen-bond acceptors (Lipinski definition) is 5. The molecule has 0 bridgehead atoms. The topological polar surface area (TPSA) is 68.3 Å². The Hall–Kier alpha value is -1.43. The number of hydrogen-bond donors (Lipinski definition) is 1. The number of carbonyl (C=O) groups is 2. The first-order valence-electron chi connectivity index (χ1n) is 5.76. The van der Waals surface area contributed by atoms with Crippen LogP contribution in [0.4, 0.5) is 5.13 Å². The van der Waals surface area contributed by atoms with E-state index in [4.69, 9.17) is 4.74 Å². The Morgan fingerprint density at radius 3 is 2.61 bits per heavy atom. The smallest absolute Gasteiger partial charge is 0.307 e. The van der Waals surface area contributed by atoms with E-state index in [2.05, 4.69) is 10.3 Å². The minimum absolute atomic E-state index is 0.127. The number of carbonyl (C=O) groups excluding carboxylic acids is 2. The average molecular weight is 268 g/mol. The Labute approximate surface area is 110 Å². The molecule has 98 valence electrons. The first kappa shape index (κ1) is 13.0. The first-order valence-corrected chi connectivity index (χ1v) is 6.58. The predicted octanol–water partition coefficient (Wildman–Crippen LogP) is 2.04. The molecule has 0 aromatic carbocycles. The van der Waals surface area contributed by atoms with Crippen molar-refractivity contribution < 1.29 is 14.3 Å². The number of rotatable bonds is 2. The molecule has 1 aromatic rings. The summed E-state index contributed by atoms with van der Waals surface area (Å²) in [5, 5.41) is 3.33. The average Bonchev–Trinajstić information content (AvgIpc) is 2.67. The van der Waals surface area contributed by atoms with Crippen molar-refractivity contribution in [3.8, 4) is 0 Å².